The van der Waals surface area contributed by atoms with E-state index in [9.17, 15) is 4.79 Å². The normalized spacial score (nSPS) is 10.3. The third kappa shape index (κ3) is 5.87. The number of benzene rings is 1. The summed E-state index contributed by atoms with van der Waals surface area (Å²) in [5, 5.41) is 2.95. The van der Waals surface area contributed by atoms with Crippen molar-refractivity contribution < 1.29 is 4.79 Å². The molecular weight excluding hydrogens is 508 g/mol. The maximum absolute atomic E-state index is 11.9. The van der Waals surface area contributed by atoms with Crippen LogP contribution < -0.4 is 5.32 Å². The molecule has 0 atom stereocenters. The standard InChI is InChI=1S/C12H14BrI2NO/c13-11-5-4-9(15)8-10(11)12(17)16-7-3-1-2-6-14/h4-5,8H,1-3,6-7H2,(H,16,17). The van der Waals surface area contributed by atoms with Crippen LogP contribution in [0.3, 0.4) is 0 Å². The molecule has 0 unspecified atom stereocenters. The first kappa shape index (κ1) is 15.7. The van der Waals surface area contributed by atoms with Crippen LogP contribution in [-0.4, -0.2) is 16.9 Å². The molecule has 0 aliphatic rings. The number of hydrogen-bond acceptors (Lipinski definition) is 1. The molecule has 17 heavy (non-hydrogen) atoms. The van der Waals surface area contributed by atoms with E-state index in [0.717, 1.165) is 21.0 Å². The van der Waals surface area contributed by atoms with Crippen LogP contribution in [0.25, 0.3) is 0 Å². The molecule has 1 aromatic carbocycles. The number of unbranched alkanes of at least 4 members (excludes halogenated alkanes) is 2. The minimum Gasteiger partial charge on any atom is -0.352 e. The second kappa shape index (κ2) is 8.68. The number of alkyl halides is 1. The molecule has 2 nitrogen and oxygen atoms in total. The monoisotopic (exact) mass is 521 g/mol. The average Bonchev–Trinajstić information content (AvgIpc) is 2.32. The van der Waals surface area contributed by atoms with Crippen LogP contribution in [0.5, 0.6) is 0 Å². The second-order valence-corrected chi connectivity index (χ2v) is 6.81. The molecule has 0 aliphatic carbocycles. The lowest BCUT2D eigenvalue weighted by Gasteiger charge is -2.07. The Morgan fingerprint density at radius 1 is 1.29 bits per heavy atom. The van der Waals surface area contributed by atoms with Gasteiger partial charge in [0, 0.05) is 14.6 Å². The van der Waals surface area contributed by atoms with Crippen molar-refractivity contribution in [3.05, 3.63) is 31.8 Å². The van der Waals surface area contributed by atoms with Crippen LogP contribution in [0.1, 0.15) is 29.6 Å². The van der Waals surface area contributed by atoms with Gasteiger partial charge in [-0.15, -0.1) is 0 Å². The maximum Gasteiger partial charge on any atom is 0.252 e. The Morgan fingerprint density at radius 3 is 2.76 bits per heavy atom. The molecule has 0 saturated carbocycles. The third-order valence-corrected chi connectivity index (χ3v) is 4.39. The summed E-state index contributed by atoms with van der Waals surface area (Å²) in [6.07, 6.45) is 3.45. The van der Waals surface area contributed by atoms with Crippen molar-refractivity contribution in [3.63, 3.8) is 0 Å². The van der Waals surface area contributed by atoms with E-state index in [2.05, 4.69) is 66.4 Å². The summed E-state index contributed by atoms with van der Waals surface area (Å²) in [4.78, 5) is 11.9. The molecule has 1 rings (SSSR count). The highest BCUT2D eigenvalue weighted by molar-refractivity contribution is 14.1. The van der Waals surface area contributed by atoms with E-state index in [1.165, 1.54) is 17.3 Å². The van der Waals surface area contributed by atoms with Gasteiger partial charge in [0.1, 0.15) is 0 Å². The lowest BCUT2D eigenvalue weighted by Crippen LogP contribution is -2.24. The Hall–Kier alpha value is 0.630. The van der Waals surface area contributed by atoms with Crippen molar-refractivity contribution in [1.29, 1.82) is 0 Å². The van der Waals surface area contributed by atoms with Gasteiger partial charge in [-0.05, 0) is 74.0 Å². The van der Waals surface area contributed by atoms with E-state index >= 15 is 0 Å². The molecule has 94 valence electrons. The highest BCUT2D eigenvalue weighted by atomic mass is 127. The van der Waals surface area contributed by atoms with Gasteiger partial charge < -0.3 is 5.32 Å². The van der Waals surface area contributed by atoms with Gasteiger partial charge in [0.05, 0.1) is 5.56 Å². The fourth-order valence-corrected chi connectivity index (χ4v) is 2.82. The van der Waals surface area contributed by atoms with Gasteiger partial charge in [0.2, 0.25) is 0 Å². The first-order chi connectivity index (χ1) is 8.15. The smallest absolute Gasteiger partial charge is 0.252 e. The van der Waals surface area contributed by atoms with Crippen molar-refractivity contribution >= 4 is 67.0 Å². The average molecular weight is 522 g/mol. The summed E-state index contributed by atoms with van der Waals surface area (Å²) in [5.41, 5.74) is 0.714. The molecule has 0 spiro atoms. The Balaban J connectivity index is 2.44. The third-order valence-electron chi connectivity index (χ3n) is 2.27. The van der Waals surface area contributed by atoms with Gasteiger partial charge in [-0.2, -0.15) is 0 Å². The van der Waals surface area contributed by atoms with E-state index in [-0.39, 0.29) is 5.91 Å². The molecule has 1 amide bonds. The van der Waals surface area contributed by atoms with Gasteiger partial charge in [0.15, 0.2) is 0 Å². The molecule has 0 aliphatic heterocycles. The van der Waals surface area contributed by atoms with Crippen molar-refractivity contribution in [2.75, 3.05) is 11.0 Å². The molecular formula is C12H14BrI2NO. The lowest BCUT2D eigenvalue weighted by atomic mass is 10.2. The van der Waals surface area contributed by atoms with E-state index in [1.54, 1.807) is 0 Å². The predicted octanol–water partition coefficient (Wildman–Crippen LogP) is 4.39. The number of rotatable bonds is 6. The number of hydrogen-bond donors (Lipinski definition) is 1. The molecule has 1 N–H and O–H groups in total. The highest BCUT2D eigenvalue weighted by Crippen LogP contribution is 2.19. The first-order valence-corrected chi connectivity index (χ1v) is 8.84. The summed E-state index contributed by atoms with van der Waals surface area (Å²) in [6, 6.07) is 5.78. The summed E-state index contributed by atoms with van der Waals surface area (Å²) in [7, 11) is 0. The Labute approximate surface area is 138 Å². The van der Waals surface area contributed by atoms with E-state index in [0.29, 0.717) is 5.56 Å². The van der Waals surface area contributed by atoms with Crippen LogP contribution in [-0.2, 0) is 0 Å². The van der Waals surface area contributed by atoms with Crippen molar-refractivity contribution in [1.82, 2.24) is 5.32 Å². The number of nitrogens with one attached hydrogen (secondary N) is 1. The van der Waals surface area contributed by atoms with Crippen LogP contribution in [0.2, 0.25) is 0 Å². The molecule has 0 aromatic heterocycles. The molecule has 0 saturated heterocycles. The number of carbonyl (C=O) groups is 1. The summed E-state index contributed by atoms with van der Waals surface area (Å²) in [5.74, 6) is 0.00450. The predicted molar refractivity (Wildman–Crippen MR) is 91.9 cm³/mol. The minimum absolute atomic E-state index is 0.00450. The zero-order valence-corrected chi connectivity index (χ0v) is 15.2. The Morgan fingerprint density at radius 2 is 2.06 bits per heavy atom. The molecule has 0 radical (unpaired) electrons. The van der Waals surface area contributed by atoms with Crippen LogP contribution >= 0.6 is 61.1 Å². The van der Waals surface area contributed by atoms with Gasteiger partial charge in [-0.25, -0.2) is 0 Å². The van der Waals surface area contributed by atoms with E-state index < -0.39 is 0 Å². The molecule has 0 bridgehead atoms. The SMILES string of the molecule is O=C(NCCCCCI)c1cc(I)ccc1Br. The van der Waals surface area contributed by atoms with E-state index in [4.69, 9.17) is 0 Å². The van der Waals surface area contributed by atoms with Crippen molar-refractivity contribution in [3.8, 4) is 0 Å². The lowest BCUT2D eigenvalue weighted by molar-refractivity contribution is 0.0952. The fraction of sp³-hybridized carbons (Fsp3) is 0.417. The highest BCUT2D eigenvalue weighted by Gasteiger charge is 2.09. The zero-order valence-electron chi connectivity index (χ0n) is 9.31. The topological polar surface area (TPSA) is 29.1 Å². The zero-order chi connectivity index (χ0) is 12.7. The van der Waals surface area contributed by atoms with Crippen LogP contribution in [0, 0.1) is 3.57 Å². The van der Waals surface area contributed by atoms with Gasteiger partial charge in [-0.1, -0.05) is 29.0 Å². The summed E-state index contributed by atoms with van der Waals surface area (Å²) < 4.78 is 3.11. The minimum atomic E-state index is 0.00450. The summed E-state index contributed by atoms with van der Waals surface area (Å²) in [6.45, 7) is 0.757. The molecule has 5 heteroatoms. The Bertz CT molecular complexity index is 385. The van der Waals surface area contributed by atoms with Gasteiger partial charge in [0.25, 0.3) is 5.91 Å². The second-order valence-electron chi connectivity index (χ2n) is 3.63. The molecule has 1 aromatic rings. The van der Waals surface area contributed by atoms with Crippen molar-refractivity contribution in [2.24, 2.45) is 0 Å². The first-order valence-electron chi connectivity index (χ1n) is 5.44. The van der Waals surface area contributed by atoms with Crippen LogP contribution in [0.15, 0.2) is 22.7 Å². The molecule has 0 heterocycles. The van der Waals surface area contributed by atoms with E-state index in [1.807, 2.05) is 18.2 Å². The fourth-order valence-electron chi connectivity index (χ4n) is 1.36. The van der Waals surface area contributed by atoms with Crippen molar-refractivity contribution in [2.45, 2.75) is 19.3 Å². The quantitative estimate of drug-likeness (QED) is 0.336. The summed E-state index contributed by atoms with van der Waals surface area (Å²) >= 11 is 7.98. The molecule has 0 fully saturated rings. The number of amides is 1. The number of carbonyl (C=O) groups excluding carboxylic acids is 1. The van der Waals surface area contributed by atoms with Crippen LogP contribution in [0.4, 0.5) is 0 Å². The van der Waals surface area contributed by atoms with Gasteiger partial charge in [-0.3, -0.25) is 4.79 Å². The number of halogens is 3. The maximum atomic E-state index is 11.9. The van der Waals surface area contributed by atoms with Gasteiger partial charge >= 0.3 is 0 Å². The largest absolute Gasteiger partial charge is 0.352 e. The Kier molecular flexibility index (Phi) is 8.01.